The van der Waals surface area contributed by atoms with Crippen molar-refractivity contribution in [3.8, 4) is 5.75 Å². The van der Waals surface area contributed by atoms with Gasteiger partial charge in [0.25, 0.3) is 0 Å². The number of hydrogen-bond acceptors (Lipinski definition) is 4. The maximum atomic E-state index is 11.6. The molecule has 0 fully saturated rings. The third kappa shape index (κ3) is 1.82. The molecule has 0 bridgehead atoms. The third-order valence-electron chi connectivity index (χ3n) is 2.78. The van der Waals surface area contributed by atoms with E-state index < -0.39 is 5.97 Å². The van der Waals surface area contributed by atoms with E-state index in [1.165, 1.54) is 20.1 Å². The molecule has 0 radical (unpaired) electrons. The standard InChI is InChI=1S/C14H12O4/c1-8(15)12-10-6-4-3-5-9(10)7-11(13(12)16)14(17)18-2/h3-7,16H,1-2H3. The fraction of sp³-hybridized carbons (Fsp3) is 0.143. The largest absolute Gasteiger partial charge is 0.506 e. The molecule has 0 aliphatic heterocycles. The van der Waals surface area contributed by atoms with Crippen LogP contribution in [0.15, 0.2) is 30.3 Å². The van der Waals surface area contributed by atoms with Gasteiger partial charge in [-0.1, -0.05) is 24.3 Å². The number of fused-ring (bicyclic) bond motifs is 1. The van der Waals surface area contributed by atoms with Crippen molar-refractivity contribution >= 4 is 22.5 Å². The lowest BCUT2D eigenvalue weighted by atomic mass is 9.97. The summed E-state index contributed by atoms with van der Waals surface area (Å²) in [4.78, 5) is 23.2. The molecule has 4 heteroatoms. The summed E-state index contributed by atoms with van der Waals surface area (Å²) in [7, 11) is 1.23. The smallest absolute Gasteiger partial charge is 0.341 e. The Morgan fingerprint density at radius 3 is 2.50 bits per heavy atom. The normalized spacial score (nSPS) is 10.3. The maximum absolute atomic E-state index is 11.6. The fourth-order valence-corrected chi connectivity index (χ4v) is 1.96. The minimum atomic E-state index is -0.666. The molecule has 0 saturated carbocycles. The summed E-state index contributed by atoms with van der Waals surface area (Å²) in [6.07, 6.45) is 0. The van der Waals surface area contributed by atoms with Crippen molar-refractivity contribution in [2.45, 2.75) is 6.92 Å². The van der Waals surface area contributed by atoms with Gasteiger partial charge < -0.3 is 9.84 Å². The van der Waals surface area contributed by atoms with Crippen LogP contribution in [0, 0.1) is 0 Å². The van der Waals surface area contributed by atoms with E-state index in [2.05, 4.69) is 4.74 Å². The number of benzene rings is 2. The molecule has 2 aromatic carbocycles. The first-order valence-electron chi connectivity index (χ1n) is 5.40. The van der Waals surface area contributed by atoms with Crippen LogP contribution in [0.25, 0.3) is 10.8 Å². The van der Waals surface area contributed by atoms with Crippen molar-refractivity contribution in [2.75, 3.05) is 7.11 Å². The van der Waals surface area contributed by atoms with Crippen molar-refractivity contribution < 1.29 is 19.4 Å². The Balaban J connectivity index is 2.88. The molecule has 0 aliphatic carbocycles. The summed E-state index contributed by atoms with van der Waals surface area (Å²) >= 11 is 0. The second-order valence-corrected chi connectivity index (χ2v) is 3.92. The van der Waals surface area contributed by atoms with E-state index in [4.69, 9.17) is 0 Å². The van der Waals surface area contributed by atoms with E-state index in [-0.39, 0.29) is 22.7 Å². The number of rotatable bonds is 2. The van der Waals surface area contributed by atoms with Gasteiger partial charge in [0, 0.05) is 0 Å². The molecule has 0 unspecified atom stereocenters. The van der Waals surface area contributed by atoms with E-state index in [0.717, 1.165) is 0 Å². The highest BCUT2D eigenvalue weighted by Gasteiger charge is 2.20. The second kappa shape index (κ2) is 4.49. The van der Waals surface area contributed by atoms with E-state index in [1.807, 2.05) is 0 Å². The zero-order valence-electron chi connectivity index (χ0n) is 10.1. The van der Waals surface area contributed by atoms with Crippen molar-refractivity contribution in [2.24, 2.45) is 0 Å². The first-order chi connectivity index (χ1) is 8.56. The minimum absolute atomic E-state index is 0.00130. The average Bonchev–Trinajstić information content (AvgIpc) is 2.36. The predicted octanol–water partition coefficient (Wildman–Crippen LogP) is 2.53. The first kappa shape index (κ1) is 12.1. The highest BCUT2D eigenvalue weighted by atomic mass is 16.5. The van der Waals surface area contributed by atoms with E-state index in [0.29, 0.717) is 10.8 Å². The molecule has 0 spiro atoms. The van der Waals surface area contributed by atoms with Crippen LogP contribution in [0.5, 0.6) is 5.75 Å². The first-order valence-corrected chi connectivity index (χ1v) is 5.40. The average molecular weight is 244 g/mol. The lowest BCUT2D eigenvalue weighted by Crippen LogP contribution is -2.05. The topological polar surface area (TPSA) is 63.6 Å². The number of esters is 1. The van der Waals surface area contributed by atoms with Gasteiger partial charge in [0.15, 0.2) is 5.78 Å². The Bertz CT molecular complexity index is 644. The number of ketones is 1. The summed E-state index contributed by atoms with van der Waals surface area (Å²) < 4.78 is 4.59. The Hall–Kier alpha value is -2.36. The van der Waals surface area contributed by atoms with Gasteiger partial charge in [-0.25, -0.2) is 4.79 Å². The van der Waals surface area contributed by atoms with Gasteiger partial charge in [0.05, 0.1) is 12.7 Å². The molecule has 2 rings (SSSR count). The Kier molecular flexibility index (Phi) is 3.02. The van der Waals surface area contributed by atoms with Crippen LogP contribution in [0.1, 0.15) is 27.6 Å². The summed E-state index contributed by atoms with van der Waals surface area (Å²) in [6.45, 7) is 1.35. The van der Waals surface area contributed by atoms with Gasteiger partial charge in [-0.3, -0.25) is 4.79 Å². The summed E-state index contributed by atoms with van der Waals surface area (Å²) in [6, 6.07) is 8.58. The number of Topliss-reactive ketones (excluding diaryl/α,β-unsaturated/α-hetero) is 1. The number of ether oxygens (including phenoxy) is 1. The number of carbonyl (C=O) groups excluding carboxylic acids is 2. The van der Waals surface area contributed by atoms with Crippen LogP contribution >= 0.6 is 0 Å². The molecule has 0 saturated heterocycles. The van der Waals surface area contributed by atoms with E-state index in [1.54, 1.807) is 24.3 Å². The van der Waals surface area contributed by atoms with Crippen molar-refractivity contribution in [3.63, 3.8) is 0 Å². The summed E-state index contributed by atoms with van der Waals surface area (Å²) in [5.74, 6) is -1.29. The lowest BCUT2D eigenvalue weighted by Gasteiger charge is -2.10. The van der Waals surface area contributed by atoms with Gasteiger partial charge >= 0.3 is 5.97 Å². The molecule has 0 heterocycles. The number of carbonyl (C=O) groups is 2. The molecule has 1 N–H and O–H groups in total. The lowest BCUT2D eigenvalue weighted by molar-refractivity contribution is 0.0597. The van der Waals surface area contributed by atoms with E-state index >= 15 is 0 Å². The van der Waals surface area contributed by atoms with Crippen LogP contribution in [0.3, 0.4) is 0 Å². The van der Waals surface area contributed by atoms with Crippen molar-refractivity contribution in [1.82, 2.24) is 0 Å². The molecule has 0 aliphatic rings. The molecule has 0 atom stereocenters. The van der Waals surface area contributed by atoms with Gasteiger partial charge in [-0.05, 0) is 23.8 Å². The monoisotopic (exact) mass is 244 g/mol. The molecule has 0 amide bonds. The SMILES string of the molecule is COC(=O)c1cc2ccccc2c(C(C)=O)c1O. The zero-order valence-corrected chi connectivity index (χ0v) is 10.1. The molecule has 18 heavy (non-hydrogen) atoms. The Morgan fingerprint density at radius 2 is 1.89 bits per heavy atom. The number of aromatic hydroxyl groups is 1. The number of hydrogen-bond donors (Lipinski definition) is 1. The number of phenols is 1. The molecular weight excluding hydrogens is 232 g/mol. The molecule has 2 aromatic rings. The Morgan fingerprint density at radius 1 is 1.22 bits per heavy atom. The van der Waals surface area contributed by atoms with Gasteiger partial charge in [-0.2, -0.15) is 0 Å². The molecule has 0 aromatic heterocycles. The Labute approximate surface area is 104 Å². The van der Waals surface area contributed by atoms with Crippen molar-refractivity contribution in [1.29, 1.82) is 0 Å². The highest BCUT2D eigenvalue weighted by molar-refractivity contribution is 6.13. The van der Waals surface area contributed by atoms with Crippen molar-refractivity contribution in [3.05, 3.63) is 41.5 Å². The fourth-order valence-electron chi connectivity index (χ4n) is 1.96. The molecule has 4 nitrogen and oxygen atoms in total. The molecular formula is C14H12O4. The zero-order chi connectivity index (χ0) is 13.3. The number of phenolic OH excluding ortho intramolecular Hbond substituents is 1. The number of methoxy groups -OCH3 is 1. The highest BCUT2D eigenvalue weighted by Crippen LogP contribution is 2.32. The minimum Gasteiger partial charge on any atom is -0.506 e. The van der Waals surface area contributed by atoms with Crippen LogP contribution in [-0.2, 0) is 4.74 Å². The summed E-state index contributed by atoms with van der Waals surface area (Å²) in [5.41, 5.74) is 0.148. The summed E-state index contributed by atoms with van der Waals surface area (Å²) in [5, 5.41) is 11.4. The van der Waals surface area contributed by atoms with Crippen LogP contribution in [-0.4, -0.2) is 24.0 Å². The predicted molar refractivity (Wildman–Crippen MR) is 67.0 cm³/mol. The third-order valence-corrected chi connectivity index (χ3v) is 2.78. The van der Waals surface area contributed by atoms with Crippen LogP contribution in [0.2, 0.25) is 0 Å². The van der Waals surface area contributed by atoms with E-state index in [9.17, 15) is 14.7 Å². The maximum Gasteiger partial charge on any atom is 0.341 e. The van der Waals surface area contributed by atoms with Gasteiger partial charge in [0.2, 0.25) is 0 Å². The van der Waals surface area contributed by atoms with Crippen LogP contribution in [0.4, 0.5) is 0 Å². The van der Waals surface area contributed by atoms with Crippen LogP contribution < -0.4 is 0 Å². The van der Waals surface area contributed by atoms with Gasteiger partial charge in [-0.15, -0.1) is 0 Å². The molecule has 92 valence electrons. The second-order valence-electron chi connectivity index (χ2n) is 3.92. The quantitative estimate of drug-likeness (QED) is 0.651. The van der Waals surface area contributed by atoms with Gasteiger partial charge in [0.1, 0.15) is 11.3 Å².